The molecule has 2 rings (SSSR count). The Hall–Kier alpha value is -2.04. The summed E-state index contributed by atoms with van der Waals surface area (Å²) in [5.74, 6) is 0.0952. The molecule has 0 saturated heterocycles. The largest absolute Gasteiger partial charge is 0.507 e. The molecule has 0 aliphatic heterocycles. The molecule has 0 radical (unpaired) electrons. The van der Waals surface area contributed by atoms with Crippen LogP contribution in [0.15, 0.2) is 48.5 Å². The Balaban J connectivity index is 2.08. The predicted octanol–water partition coefficient (Wildman–Crippen LogP) is 2.35. The lowest BCUT2D eigenvalue weighted by Crippen LogP contribution is -2.36. The van der Waals surface area contributed by atoms with Gasteiger partial charge >= 0.3 is 0 Å². The van der Waals surface area contributed by atoms with E-state index < -0.39 is 0 Å². The molecule has 0 aliphatic rings. The van der Waals surface area contributed by atoms with Crippen LogP contribution in [-0.4, -0.2) is 28.0 Å². The summed E-state index contributed by atoms with van der Waals surface area (Å²) in [6.07, 6.45) is 0.677. The summed E-state index contributed by atoms with van der Waals surface area (Å²) in [6, 6.07) is 14.1. The molecule has 0 heterocycles. The van der Waals surface area contributed by atoms with E-state index in [0.717, 1.165) is 5.56 Å². The minimum absolute atomic E-state index is 0.0202. The molecule has 0 saturated carbocycles. The number of nitrogens with one attached hydrogen (secondary N) is 1. The molecule has 0 spiro atoms. The highest BCUT2D eigenvalue weighted by molar-refractivity contribution is 5.45. The summed E-state index contributed by atoms with van der Waals surface area (Å²) >= 11 is 0. The number of phenols is 2. The maximum atomic E-state index is 9.87. The summed E-state index contributed by atoms with van der Waals surface area (Å²) in [5.41, 5.74) is 1.57. The van der Waals surface area contributed by atoms with Gasteiger partial charge < -0.3 is 20.6 Å². The Labute approximate surface area is 124 Å². The van der Waals surface area contributed by atoms with Gasteiger partial charge in [0.05, 0.1) is 12.2 Å². The number of aromatic hydroxyl groups is 2. The third-order valence-electron chi connectivity index (χ3n) is 3.52. The zero-order valence-corrected chi connectivity index (χ0v) is 12.0. The van der Waals surface area contributed by atoms with Crippen LogP contribution in [0.5, 0.6) is 11.5 Å². The molecule has 4 heteroatoms. The van der Waals surface area contributed by atoms with Crippen molar-refractivity contribution in [2.24, 2.45) is 0 Å². The highest BCUT2D eigenvalue weighted by Crippen LogP contribution is 2.32. The fraction of sp³-hybridized carbons (Fsp3) is 0.294. The highest BCUT2D eigenvalue weighted by Gasteiger charge is 2.18. The zero-order chi connectivity index (χ0) is 15.2. The summed E-state index contributed by atoms with van der Waals surface area (Å²) < 4.78 is 0. The van der Waals surface area contributed by atoms with E-state index in [9.17, 15) is 15.3 Å². The SMILES string of the molecule is CC(N[C@@H](CO)Cc1ccccc1)c1c(O)cccc1O. The molecule has 0 fully saturated rings. The average molecular weight is 287 g/mol. The molecule has 0 aromatic heterocycles. The number of hydrogen-bond acceptors (Lipinski definition) is 4. The number of aliphatic hydroxyl groups excluding tert-OH is 1. The molecule has 4 N–H and O–H groups in total. The van der Waals surface area contributed by atoms with Gasteiger partial charge in [0.25, 0.3) is 0 Å². The maximum Gasteiger partial charge on any atom is 0.124 e. The van der Waals surface area contributed by atoms with Crippen molar-refractivity contribution in [2.75, 3.05) is 6.61 Å². The van der Waals surface area contributed by atoms with Crippen molar-refractivity contribution < 1.29 is 15.3 Å². The van der Waals surface area contributed by atoms with E-state index in [-0.39, 0.29) is 30.2 Å². The molecule has 0 aliphatic carbocycles. The molecule has 112 valence electrons. The van der Waals surface area contributed by atoms with Crippen LogP contribution in [0.4, 0.5) is 0 Å². The van der Waals surface area contributed by atoms with E-state index in [0.29, 0.717) is 12.0 Å². The fourth-order valence-corrected chi connectivity index (χ4v) is 2.50. The number of hydrogen-bond donors (Lipinski definition) is 4. The first-order valence-corrected chi connectivity index (χ1v) is 7.03. The fourth-order valence-electron chi connectivity index (χ4n) is 2.50. The molecular formula is C17H21NO3. The molecule has 21 heavy (non-hydrogen) atoms. The first kappa shape index (κ1) is 15.4. The monoisotopic (exact) mass is 287 g/mol. The smallest absolute Gasteiger partial charge is 0.124 e. The molecule has 0 bridgehead atoms. The number of aliphatic hydroxyl groups is 1. The van der Waals surface area contributed by atoms with Crippen LogP contribution in [0, 0.1) is 0 Å². The maximum absolute atomic E-state index is 9.87. The second-order valence-electron chi connectivity index (χ2n) is 5.17. The van der Waals surface area contributed by atoms with E-state index >= 15 is 0 Å². The van der Waals surface area contributed by atoms with E-state index in [4.69, 9.17) is 0 Å². The second kappa shape index (κ2) is 7.11. The van der Waals surface area contributed by atoms with Crippen LogP contribution in [-0.2, 0) is 6.42 Å². The van der Waals surface area contributed by atoms with Gasteiger partial charge in [-0.25, -0.2) is 0 Å². The van der Waals surface area contributed by atoms with Crippen LogP contribution in [0.1, 0.15) is 24.1 Å². The summed E-state index contributed by atoms with van der Waals surface area (Å²) in [4.78, 5) is 0. The normalized spacial score (nSPS) is 13.8. The van der Waals surface area contributed by atoms with Crippen LogP contribution in [0.3, 0.4) is 0 Å². The van der Waals surface area contributed by atoms with Gasteiger partial charge in [0, 0.05) is 12.1 Å². The minimum Gasteiger partial charge on any atom is -0.507 e. The molecule has 2 atom stereocenters. The van der Waals surface area contributed by atoms with E-state index in [1.165, 1.54) is 0 Å². The van der Waals surface area contributed by atoms with Crippen molar-refractivity contribution >= 4 is 0 Å². The first-order valence-electron chi connectivity index (χ1n) is 7.03. The molecule has 2 aromatic rings. The third kappa shape index (κ3) is 3.97. The van der Waals surface area contributed by atoms with Gasteiger partial charge in [-0.3, -0.25) is 0 Å². The van der Waals surface area contributed by atoms with Crippen molar-refractivity contribution in [1.82, 2.24) is 5.32 Å². The van der Waals surface area contributed by atoms with Gasteiger partial charge in [-0.2, -0.15) is 0 Å². The Kier molecular flexibility index (Phi) is 5.20. The van der Waals surface area contributed by atoms with E-state index in [1.807, 2.05) is 37.3 Å². The minimum atomic E-state index is -0.271. The zero-order valence-electron chi connectivity index (χ0n) is 12.0. The van der Waals surface area contributed by atoms with Gasteiger partial charge in [0.1, 0.15) is 11.5 Å². The number of benzene rings is 2. The molecule has 0 amide bonds. The lowest BCUT2D eigenvalue weighted by Gasteiger charge is -2.23. The second-order valence-corrected chi connectivity index (χ2v) is 5.17. The predicted molar refractivity (Wildman–Crippen MR) is 82.3 cm³/mol. The van der Waals surface area contributed by atoms with Crippen LogP contribution >= 0.6 is 0 Å². The molecular weight excluding hydrogens is 266 g/mol. The van der Waals surface area contributed by atoms with Crippen molar-refractivity contribution in [1.29, 1.82) is 0 Å². The number of phenolic OH excluding ortho intramolecular Hbond substituents is 2. The van der Waals surface area contributed by atoms with Gasteiger partial charge in [0.2, 0.25) is 0 Å². The van der Waals surface area contributed by atoms with Crippen LogP contribution < -0.4 is 5.32 Å². The van der Waals surface area contributed by atoms with Crippen molar-refractivity contribution in [3.63, 3.8) is 0 Å². The van der Waals surface area contributed by atoms with E-state index in [2.05, 4.69) is 5.32 Å². The lowest BCUT2D eigenvalue weighted by atomic mass is 10.0. The highest BCUT2D eigenvalue weighted by atomic mass is 16.3. The Morgan fingerprint density at radius 3 is 2.14 bits per heavy atom. The van der Waals surface area contributed by atoms with Gasteiger partial charge in [-0.1, -0.05) is 36.4 Å². The lowest BCUT2D eigenvalue weighted by molar-refractivity contribution is 0.231. The van der Waals surface area contributed by atoms with Crippen molar-refractivity contribution in [3.8, 4) is 11.5 Å². The topological polar surface area (TPSA) is 72.7 Å². The quantitative estimate of drug-likeness (QED) is 0.658. The standard InChI is InChI=1S/C17H21NO3/c1-12(17-15(20)8-5-9-16(17)21)18-14(11-19)10-13-6-3-2-4-7-13/h2-9,12,14,18-21H,10-11H2,1H3/t12?,14-/m1/s1. The van der Waals surface area contributed by atoms with Gasteiger partial charge in [-0.05, 0) is 31.0 Å². The van der Waals surface area contributed by atoms with Crippen molar-refractivity contribution in [2.45, 2.75) is 25.4 Å². The summed E-state index contributed by atoms with van der Waals surface area (Å²) in [5, 5.41) is 32.5. The number of rotatable bonds is 6. The first-order chi connectivity index (χ1) is 10.1. The van der Waals surface area contributed by atoms with Gasteiger partial charge in [0.15, 0.2) is 0 Å². The van der Waals surface area contributed by atoms with Crippen LogP contribution in [0.25, 0.3) is 0 Å². The van der Waals surface area contributed by atoms with E-state index in [1.54, 1.807) is 18.2 Å². The molecule has 1 unspecified atom stereocenters. The Morgan fingerprint density at radius 2 is 1.57 bits per heavy atom. The van der Waals surface area contributed by atoms with Gasteiger partial charge in [-0.15, -0.1) is 0 Å². The summed E-state index contributed by atoms with van der Waals surface area (Å²) in [6.45, 7) is 1.83. The molecule has 2 aromatic carbocycles. The van der Waals surface area contributed by atoms with Crippen molar-refractivity contribution in [3.05, 3.63) is 59.7 Å². The third-order valence-corrected chi connectivity index (χ3v) is 3.52. The molecule has 4 nitrogen and oxygen atoms in total. The summed E-state index contributed by atoms with van der Waals surface area (Å²) in [7, 11) is 0. The average Bonchev–Trinajstić information content (AvgIpc) is 2.47. The Morgan fingerprint density at radius 1 is 0.952 bits per heavy atom. The Bertz CT molecular complexity index is 551. The van der Waals surface area contributed by atoms with Crippen LogP contribution in [0.2, 0.25) is 0 Å².